The zero-order valence-electron chi connectivity index (χ0n) is 10.2. The van der Waals surface area contributed by atoms with Crippen molar-refractivity contribution in [2.45, 2.75) is 25.9 Å². The van der Waals surface area contributed by atoms with Gasteiger partial charge in [-0.3, -0.25) is 0 Å². The molecular formula is C11H15F3N4. The molecule has 0 aliphatic heterocycles. The highest BCUT2D eigenvalue weighted by molar-refractivity contribution is 5.47. The number of aromatic nitrogens is 2. The van der Waals surface area contributed by atoms with Crippen molar-refractivity contribution in [3.8, 4) is 0 Å². The lowest BCUT2D eigenvalue weighted by atomic mass is 10.1. The summed E-state index contributed by atoms with van der Waals surface area (Å²) in [5.74, 6) is -0.770. The summed E-state index contributed by atoms with van der Waals surface area (Å²) in [5, 5.41) is 5.54. The second-order valence-electron chi connectivity index (χ2n) is 4.87. The van der Waals surface area contributed by atoms with E-state index in [1.54, 1.807) is 0 Å². The highest BCUT2D eigenvalue weighted by atomic mass is 19.4. The van der Waals surface area contributed by atoms with Gasteiger partial charge in [0.2, 0.25) is 5.82 Å². The Morgan fingerprint density at radius 3 is 2.39 bits per heavy atom. The highest BCUT2D eigenvalue weighted by Gasteiger charge is 2.38. The van der Waals surface area contributed by atoms with Crippen LogP contribution in [0.5, 0.6) is 0 Å². The summed E-state index contributed by atoms with van der Waals surface area (Å²) in [4.78, 5) is 6.89. The Balaban J connectivity index is 2.18. The molecule has 1 aliphatic carbocycles. The molecule has 0 amide bonds. The lowest BCUT2D eigenvalue weighted by molar-refractivity contribution is -0.144. The lowest BCUT2D eigenvalue weighted by Gasteiger charge is -2.13. The summed E-state index contributed by atoms with van der Waals surface area (Å²) in [6.45, 7) is 2.72. The standard InChI is InChI=1S/C11H15F3N4/c1-10(3-4-10)6-16-8-5-7(15-2)17-9(18-8)11(12,13)14/h5H,3-4,6H2,1-2H3,(H2,15,16,17,18). The molecule has 4 nitrogen and oxygen atoms in total. The first-order valence-electron chi connectivity index (χ1n) is 5.70. The van der Waals surface area contributed by atoms with Crippen LogP contribution < -0.4 is 10.6 Å². The Hall–Kier alpha value is -1.53. The quantitative estimate of drug-likeness (QED) is 0.874. The maximum Gasteiger partial charge on any atom is 0.451 e. The van der Waals surface area contributed by atoms with E-state index in [9.17, 15) is 13.2 Å². The highest BCUT2D eigenvalue weighted by Crippen LogP contribution is 2.44. The van der Waals surface area contributed by atoms with Crippen LogP contribution in [0.15, 0.2) is 6.07 Å². The molecule has 0 bridgehead atoms. The molecule has 0 radical (unpaired) electrons. The summed E-state index contributed by atoms with van der Waals surface area (Å²) < 4.78 is 37.8. The van der Waals surface area contributed by atoms with Gasteiger partial charge >= 0.3 is 6.18 Å². The Labute approximate surface area is 103 Å². The summed E-state index contributed by atoms with van der Waals surface area (Å²) in [6.07, 6.45) is -2.35. The fourth-order valence-electron chi connectivity index (χ4n) is 1.49. The van der Waals surface area contributed by atoms with E-state index in [1.807, 2.05) is 0 Å². The fraction of sp³-hybridized carbons (Fsp3) is 0.636. The molecule has 100 valence electrons. The molecule has 0 atom stereocenters. The molecule has 2 N–H and O–H groups in total. The first kappa shape index (κ1) is 12.9. The van der Waals surface area contributed by atoms with Gasteiger partial charge in [0.25, 0.3) is 0 Å². The van der Waals surface area contributed by atoms with Crippen molar-refractivity contribution in [1.29, 1.82) is 0 Å². The molecule has 1 saturated carbocycles. The summed E-state index contributed by atoms with van der Waals surface area (Å²) >= 11 is 0. The SMILES string of the molecule is CNc1cc(NCC2(C)CC2)nc(C(F)(F)F)n1. The molecule has 0 aromatic carbocycles. The van der Waals surface area contributed by atoms with Crippen molar-refractivity contribution >= 4 is 11.6 Å². The predicted octanol–water partition coefficient (Wildman–Crippen LogP) is 2.75. The van der Waals surface area contributed by atoms with Crippen LogP contribution in [0, 0.1) is 5.41 Å². The van der Waals surface area contributed by atoms with Crippen LogP contribution in [0.3, 0.4) is 0 Å². The zero-order valence-corrected chi connectivity index (χ0v) is 10.2. The molecule has 1 aliphatic rings. The molecule has 1 heterocycles. The molecule has 18 heavy (non-hydrogen) atoms. The topological polar surface area (TPSA) is 49.8 Å². The first-order chi connectivity index (χ1) is 8.32. The maximum atomic E-state index is 12.6. The molecule has 2 rings (SSSR count). The van der Waals surface area contributed by atoms with Gasteiger partial charge in [-0.2, -0.15) is 13.2 Å². The van der Waals surface area contributed by atoms with Crippen molar-refractivity contribution in [2.75, 3.05) is 24.2 Å². The molecule has 1 fully saturated rings. The number of halogens is 3. The summed E-state index contributed by atoms with van der Waals surface area (Å²) in [5.41, 5.74) is 0.198. The van der Waals surface area contributed by atoms with Gasteiger partial charge in [-0.05, 0) is 18.3 Å². The van der Waals surface area contributed by atoms with Crippen LogP contribution in [0.25, 0.3) is 0 Å². The van der Waals surface area contributed by atoms with E-state index in [2.05, 4.69) is 27.5 Å². The fourth-order valence-corrected chi connectivity index (χ4v) is 1.49. The third-order valence-corrected chi connectivity index (χ3v) is 3.04. The van der Waals surface area contributed by atoms with Crippen molar-refractivity contribution in [2.24, 2.45) is 5.41 Å². The van der Waals surface area contributed by atoms with Crippen molar-refractivity contribution in [1.82, 2.24) is 9.97 Å². The molecule has 0 unspecified atom stereocenters. The van der Waals surface area contributed by atoms with E-state index < -0.39 is 12.0 Å². The zero-order chi connectivity index (χ0) is 13.4. The average molecular weight is 260 g/mol. The Morgan fingerprint density at radius 1 is 1.28 bits per heavy atom. The number of hydrogen-bond donors (Lipinski definition) is 2. The van der Waals surface area contributed by atoms with Crippen molar-refractivity contribution in [3.05, 3.63) is 11.9 Å². The van der Waals surface area contributed by atoms with Crippen molar-refractivity contribution in [3.63, 3.8) is 0 Å². The Kier molecular flexibility index (Phi) is 3.08. The van der Waals surface area contributed by atoms with Crippen LogP contribution >= 0.6 is 0 Å². The molecule has 0 saturated heterocycles. The number of nitrogens with zero attached hydrogens (tertiary/aromatic N) is 2. The van der Waals surface area contributed by atoms with Gasteiger partial charge < -0.3 is 10.6 Å². The van der Waals surface area contributed by atoms with E-state index in [0.29, 0.717) is 6.54 Å². The number of nitrogens with one attached hydrogen (secondary N) is 2. The molecule has 0 spiro atoms. The molecule has 7 heteroatoms. The van der Waals surface area contributed by atoms with Gasteiger partial charge in [0, 0.05) is 19.7 Å². The van der Waals surface area contributed by atoms with Gasteiger partial charge in [-0.15, -0.1) is 0 Å². The monoisotopic (exact) mass is 260 g/mol. The minimum absolute atomic E-state index is 0.153. The number of hydrogen-bond acceptors (Lipinski definition) is 4. The van der Waals surface area contributed by atoms with Gasteiger partial charge in [0.1, 0.15) is 11.6 Å². The van der Waals surface area contributed by atoms with Gasteiger partial charge in [0.05, 0.1) is 0 Å². The van der Waals surface area contributed by atoms with Gasteiger partial charge in [-0.1, -0.05) is 6.92 Å². The van der Waals surface area contributed by atoms with Gasteiger partial charge in [0.15, 0.2) is 0 Å². The molecular weight excluding hydrogens is 245 g/mol. The third kappa shape index (κ3) is 3.02. The van der Waals surface area contributed by atoms with Crippen LogP contribution in [0.2, 0.25) is 0 Å². The van der Waals surface area contributed by atoms with E-state index in [-0.39, 0.29) is 17.1 Å². The average Bonchev–Trinajstić information content (AvgIpc) is 3.04. The van der Waals surface area contributed by atoms with E-state index >= 15 is 0 Å². The minimum atomic E-state index is -4.53. The second-order valence-corrected chi connectivity index (χ2v) is 4.87. The number of alkyl halides is 3. The van der Waals surface area contributed by atoms with Crippen LogP contribution in [0.4, 0.5) is 24.8 Å². The van der Waals surface area contributed by atoms with E-state index in [1.165, 1.54) is 13.1 Å². The smallest absolute Gasteiger partial charge is 0.373 e. The second kappa shape index (κ2) is 4.29. The number of anilines is 2. The summed E-state index contributed by atoms with van der Waals surface area (Å²) in [7, 11) is 1.52. The molecule has 1 aromatic heterocycles. The Bertz CT molecular complexity index is 440. The third-order valence-electron chi connectivity index (χ3n) is 3.04. The Morgan fingerprint density at radius 2 is 1.89 bits per heavy atom. The largest absolute Gasteiger partial charge is 0.451 e. The normalized spacial score (nSPS) is 17.4. The van der Waals surface area contributed by atoms with Crippen LogP contribution in [-0.4, -0.2) is 23.6 Å². The predicted molar refractivity (Wildman–Crippen MR) is 62.4 cm³/mol. The number of rotatable bonds is 4. The van der Waals surface area contributed by atoms with Crippen LogP contribution in [-0.2, 0) is 6.18 Å². The molecule has 1 aromatic rings. The van der Waals surface area contributed by atoms with E-state index in [4.69, 9.17) is 0 Å². The first-order valence-corrected chi connectivity index (χ1v) is 5.70. The van der Waals surface area contributed by atoms with Gasteiger partial charge in [-0.25, -0.2) is 9.97 Å². The van der Waals surface area contributed by atoms with E-state index in [0.717, 1.165) is 12.8 Å². The van der Waals surface area contributed by atoms with Crippen LogP contribution in [0.1, 0.15) is 25.6 Å². The van der Waals surface area contributed by atoms with Crippen molar-refractivity contribution < 1.29 is 13.2 Å². The minimum Gasteiger partial charge on any atom is -0.373 e. The maximum absolute atomic E-state index is 12.6. The summed E-state index contributed by atoms with van der Waals surface area (Å²) in [6, 6.07) is 1.47. The lowest BCUT2D eigenvalue weighted by Crippen LogP contribution is -2.17.